The molecule has 5 heteroatoms. The summed E-state index contributed by atoms with van der Waals surface area (Å²) in [6.45, 7) is 6.05. The lowest BCUT2D eigenvalue weighted by Gasteiger charge is -2.13. The first-order valence-electron chi connectivity index (χ1n) is 10.4. The fourth-order valence-electron chi connectivity index (χ4n) is 4.11. The van der Waals surface area contributed by atoms with Crippen LogP contribution in [-0.4, -0.2) is 12.6 Å². The van der Waals surface area contributed by atoms with Gasteiger partial charge in [0.15, 0.2) is 6.61 Å². The van der Waals surface area contributed by atoms with E-state index in [9.17, 15) is 9.59 Å². The van der Waals surface area contributed by atoms with Gasteiger partial charge >= 0.3 is 11.6 Å². The van der Waals surface area contributed by atoms with Crippen molar-refractivity contribution in [3.63, 3.8) is 0 Å². The molecule has 0 spiro atoms. The van der Waals surface area contributed by atoms with Gasteiger partial charge in [-0.3, -0.25) is 0 Å². The number of aryl methyl sites for hydroxylation is 3. The van der Waals surface area contributed by atoms with E-state index in [1.54, 1.807) is 0 Å². The first kappa shape index (κ1) is 20.2. The maximum absolute atomic E-state index is 12.2. The zero-order valence-corrected chi connectivity index (χ0v) is 17.6. The standard InChI is InChI=1S/C25H26O5/c1-15(2)21-12-22-19(11-24(26)30-23(22)9-16(21)3)13-29-25(27)14-28-20-8-7-17-5-4-6-18(17)10-20/h7-12,15H,4-6,13-14H2,1-3H3. The number of fused-ring (bicyclic) bond motifs is 2. The lowest BCUT2D eigenvalue weighted by atomic mass is 9.95. The molecule has 1 aromatic heterocycles. The van der Waals surface area contributed by atoms with Crippen LogP contribution in [0.3, 0.4) is 0 Å². The van der Waals surface area contributed by atoms with Crippen LogP contribution in [0.5, 0.6) is 5.75 Å². The number of benzene rings is 2. The normalized spacial score (nSPS) is 12.9. The molecule has 5 nitrogen and oxygen atoms in total. The van der Waals surface area contributed by atoms with Gasteiger partial charge in [0.05, 0.1) is 0 Å². The summed E-state index contributed by atoms with van der Waals surface area (Å²) >= 11 is 0. The van der Waals surface area contributed by atoms with E-state index in [0.717, 1.165) is 30.2 Å². The zero-order valence-electron chi connectivity index (χ0n) is 17.6. The minimum Gasteiger partial charge on any atom is -0.482 e. The molecule has 1 heterocycles. The van der Waals surface area contributed by atoms with Crippen molar-refractivity contribution in [2.45, 2.75) is 52.6 Å². The third-order valence-corrected chi connectivity index (χ3v) is 5.65. The molecule has 156 valence electrons. The number of rotatable bonds is 6. The minimum atomic E-state index is -0.479. The van der Waals surface area contributed by atoms with Crippen LogP contribution >= 0.6 is 0 Å². The highest BCUT2D eigenvalue weighted by Gasteiger charge is 2.14. The van der Waals surface area contributed by atoms with Gasteiger partial charge in [-0.15, -0.1) is 0 Å². The topological polar surface area (TPSA) is 65.7 Å². The van der Waals surface area contributed by atoms with E-state index in [1.807, 2.05) is 31.2 Å². The molecule has 1 aliphatic carbocycles. The van der Waals surface area contributed by atoms with E-state index < -0.39 is 11.6 Å². The van der Waals surface area contributed by atoms with Gasteiger partial charge in [0.2, 0.25) is 0 Å². The van der Waals surface area contributed by atoms with Crippen LogP contribution in [0.4, 0.5) is 0 Å². The van der Waals surface area contributed by atoms with Crippen LogP contribution in [0, 0.1) is 6.92 Å². The maximum atomic E-state index is 12.2. The molecule has 0 bridgehead atoms. The highest BCUT2D eigenvalue weighted by Crippen LogP contribution is 2.28. The van der Waals surface area contributed by atoms with Gasteiger partial charge in [0, 0.05) is 17.0 Å². The number of esters is 1. The Bertz CT molecular complexity index is 1160. The summed E-state index contributed by atoms with van der Waals surface area (Å²) in [5.74, 6) is 0.529. The molecule has 0 radical (unpaired) electrons. The van der Waals surface area contributed by atoms with Gasteiger partial charge < -0.3 is 13.9 Å². The van der Waals surface area contributed by atoms with Crippen molar-refractivity contribution in [1.82, 2.24) is 0 Å². The van der Waals surface area contributed by atoms with Crippen LogP contribution < -0.4 is 10.4 Å². The smallest absolute Gasteiger partial charge is 0.344 e. The molecule has 0 aliphatic heterocycles. The van der Waals surface area contributed by atoms with Crippen LogP contribution in [0.15, 0.2) is 45.6 Å². The van der Waals surface area contributed by atoms with Gasteiger partial charge in [0.1, 0.15) is 17.9 Å². The summed E-state index contributed by atoms with van der Waals surface area (Å²) in [7, 11) is 0. The molecule has 0 saturated carbocycles. The Morgan fingerprint density at radius 3 is 2.70 bits per heavy atom. The lowest BCUT2D eigenvalue weighted by Crippen LogP contribution is -2.15. The summed E-state index contributed by atoms with van der Waals surface area (Å²) in [5, 5.41) is 0.788. The fourth-order valence-corrected chi connectivity index (χ4v) is 4.11. The van der Waals surface area contributed by atoms with Crippen LogP contribution in [0.1, 0.15) is 54.0 Å². The molecule has 0 atom stereocenters. The first-order chi connectivity index (χ1) is 14.4. The monoisotopic (exact) mass is 406 g/mol. The maximum Gasteiger partial charge on any atom is 0.344 e. The quantitative estimate of drug-likeness (QED) is 0.433. The Labute approximate surface area is 175 Å². The molecule has 0 N–H and O–H groups in total. The van der Waals surface area contributed by atoms with E-state index >= 15 is 0 Å². The molecule has 0 unspecified atom stereocenters. The SMILES string of the molecule is Cc1cc2oc(=O)cc(COC(=O)COc3ccc4c(c3)CCC4)c2cc1C(C)C. The molecule has 2 aromatic carbocycles. The Morgan fingerprint density at radius 2 is 1.90 bits per heavy atom. The van der Waals surface area contributed by atoms with Gasteiger partial charge in [-0.1, -0.05) is 19.9 Å². The predicted octanol–water partition coefficient (Wildman–Crippen LogP) is 4.84. The highest BCUT2D eigenvalue weighted by atomic mass is 16.6. The average molecular weight is 406 g/mol. The van der Waals surface area contributed by atoms with E-state index in [-0.39, 0.29) is 13.2 Å². The number of carbonyl (C=O) groups is 1. The number of hydrogen-bond acceptors (Lipinski definition) is 5. The van der Waals surface area contributed by atoms with E-state index in [2.05, 4.69) is 19.9 Å². The van der Waals surface area contributed by atoms with E-state index in [4.69, 9.17) is 13.9 Å². The summed E-state index contributed by atoms with van der Waals surface area (Å²) in [5.41, 5.74) is 5.57. The Hall–Kier alpha value is -3.08. The Kier molecular flexibility index (Phi) is 5.62. The van der Waals surface area contributed by atoms with Crippen molar-refractivity contribution in [3.8, 4) is 5.75 Å². The van der Waals surface area contributed by atoms with Crippen molar-refractivity contribution in [1.29, 1.82) is 0 Å². The second-order valence-electron chi connectivity index (χ2n) is 8.18. The van der Waals surface area contributed by atoms with Crippen molar-refractivity contribution >= 4 is 16.9 Å². The second-order valence-corrected chi connectivity index (χ2v) is 8.18. The van der Waals surface area contributed by atoms with Crippen molar-refractivity contribution in [2.75, 3.05) is 6.61 Å². The van der Waals surface area contributed by atoms with Crippen molar-refractivity contribution < 1.29 is 18.7 Å². The van der Waals surface area contributed by atoms with Crippen LogP contribution in [0.25, 0.3) is 11.0 Å². The van der Waals surface area contributed by atoms with Gasteiger partial charge in [-0.25, -0.2) is 9.59 Å². The summed E-state index contributed by atoms with van der Waals surface area (Å²) in [4.78, 5) is 24.2. The van der Waals surface area contributed by atoms with E-state index in [0.29, 0.717) is 22.8 Å². The van der Waals surface area contributed by atoms with Crippen LogP contribution in [-0.2, 0) is 29.0 Å². The summed E-state index contributed by atoms with van der Waals surface area (Å²) < 4.78 is 16.3. The predicted molar refractivity (Wildman–Crippen MR) is 115 cm³/mol. The highest BCUT2D eigenvalue weighted by molar-refractivity contribution is 5.82. The number of ether oxygens (including phenoxy) is 2. The lowest BCUT2D eigenvalue weighted by molar-refractivity contribution is -0.147. The fraction of sp³-hybridized carbons (Fsp3) is 0.360. The average Bonchev–Trinajstić information content (AvgIpc) is 3.17. The zero-order chi connectivity index (χ0) is 21.3. The third kappa shape index (κ3) is 4.25. The minimum absolute atomic E-state index is 0.00488. The van der Waals surface area contributed by atoms with Gasteiger partial charge in [0.25, 0.3) is 0 Å². The number of hydrogen-bond donors (Lipinski definition) is 0. The molecule has 1 aliphatic rings. The Morgan fingerprint density at radius 1 is 1.10 bits per heavy atom. The first-order valence-corrected chi connectivity index (χ1v) is 10.4. The largest absolute Gasteiger partial charge is 0.482 e. The van der Waals surface area contributed by atoms with Gasteiger partial charge in [-0.2, -0.15) is 0 Å². The summed E-state index contributed by atoms with van der Waals surface area (Å²) in [6.07, 6.45) is 3.32. The van der Waals surface area contributed by atoms with E-state index in [1.165, 1.54) is 22.8 Å². The molecule has 0 fully saturated rings. The molecule has 30 heavy (non-hydrogen) atoms. The summed E-state index contributed by atoms with van der Waals surface area (Å²) in [6, 6.07) is 11.2. The van der Waals surface area contributed by atoms with Crippen LogP contribution in [0.2, 0.25) is 0 Å². The molecule has 4 rings (SSSR count). The van der Waals surface area contributed by atoms with Gasteiger partial charge in [-0.05, 0) is 78.6 Å². The molecule has 0 saturated heterocycles. The van der Waals surface area contributed by atoms with Crippen molar-refractivity contribution in [3.05, 3.63) is 74.6 Å². The Balaban J connectivity index is 1.45. The molecular weight excluding hydrogens is 380 g/mol. The molecule has 3 aromatic rings. The second kappa shape index (κ2) is 8.34. The third-order valence-electron chi connectivity index (χ3n) is 5.65. The van der Waals surface area contributed by atoms with Crippen molar-refractivity contribution in [2.24, 2.45) is 0 Å². The molecule has 0 amide bonds. The number of carbonyl (C=O) groups excluding carboxylic acids is 1. The molecular formula is C25H26O5.